The summed E-state index contributed by atoms with van der Waals surface area (Å²) in [6.07, 6.45) is 4.87. The number of halogens is 1. The van der Waals surface area contributed by atoms with E-state index in [1.165, 1.54) is 12.7 Å². The average molecular weight is 335 g/mol. The number of aromatic amines is 1. The van der Waals surface area contributed by atoms with Crippen molar-refractivity contribution in [2.75, 3.05) is 18.1 Å². The van der Waals surface area contributed by atoms with Gasteiger partial charge in [-0.15, -0.1) is 0 Å². The summed E-state index contributed by atoms with van der Waals surface area (Å²) in [6, 6.07) is 0.426. The first-order valence-corrected chi connectivity index (χ1v) is 6.42. The Kier molecular flexibility index (Phi) is 3.80. The number of rotatable bonds is 4. The summed E-state index contributed by atoms with van der Waals surface area (Å²) in [5.74, 6) is 0.697. The third-order valence-electron chi connectivity index (χ3n) is 2.91. The lowest BCUT2D eigenvalue weighted by Gasteiger charge is -2.38. The van der Waals surface area contributed by atoms with Crippen LogP contribution < -0.4 is 10.5 Å². The second kappa shape index (κ2) is 5.13. The molecule has 6 heteroatoms. The maximum Gasteiger partial charge on any atom is 0.266 e. The third-order valence-corrected chi connectivity index (χ3v) is 3.88. The molecule has 0 radical (unpaired) electrons. The van der Waals surface area contributed by atoms with E-state index in [1.807, 2.05) is 27.5 Å². The first kappa shape index (κ1) is 11.8. The molecule has 2 rings (SSSR count). The van der Waals surface area contributed by atoms with Crippen LogP contribution in [0.15, 0.2) is 11.1 Å². The zero-order valence-electron chi connectivity index (χ0n) is 8.82. The predicted octanol–water partition coefficient (Wildman–Crippen LogP) is 0.726. The SMILES string of the molecule is O=c1[nH]cnc(N(CCO)C2CCC2)c1I. The molecule has 0 unspecified atom stereocenters. The van der Waals surface area contributed by atoms with Gasteiger partial charge in [0.1, 0.15) is 9.39 Å². The Labute approximate surface area is 107 Å². The van der Waals surface area contributed by atoms with Gasteiger partial charge in [0.25, 0.3) is 5.56 Å². The number of nitrogens with one attached hydrogen (secondary N) is 1. The van der Waals surface area contributed by atoms with Crippen LogP contribution in [0.25, 0.3) is 0 Å². The lowest BCUT2D eigenvalue weighted by Crippen LogP contribution is -2.43. The molecule has 2 N–H and O–H groups in total. The van der Waals surface area contributed by atoms with Crippen molar-refractivity contribution in [3.8, 4) is 0 Å². The first-order valence-electron chi connectivity index (χ1n) is 5.34. The quantitative estimate of drug-likeness (QED) is 0.796. The van der Waals surface area contributed by atoms with Gasteiger partial charge in [0.15, 0.2) is 0 Å². The van der Waals surface area contributed by atoms with Gasteiger partial charge >= 0.3 is 0 Å². The molecular formula is C10H14IN3O2. The summed E-state index contributed by atoms with van der Waals surface area (Å²) in [6.45, 7) is 0.623. The second-order valence-electron chi connectivity index (χ2n) is 3.87. The van der Waals surface area contributed by atoms with Crippen molar-refractivity contribution >= 4 is 28.4 Å². The highest BCUT2D eigenvalue weighted by molar-refractivity contribution is 14.1. The molecule has 0 atom stereocenters. The van der Waals surface area contributed by atoms with E-state index in [-0.39, 0.29) is 12.2 Å². The first-order chi connectivity index (χ1) is 7.74. The summed E-state index contributed by atoms with van der Waals surface area (Å²) in [5, 5.41) is 9.07. The van der Waals surface area contributed by atoms with Crippen molar-refractivity contribution in [1.29, 1.82) is 0 Å². The largest absolute Gasteiger partial charge is 0.395 e. The van der Waals surface area contributed by atoms with Gasteiger partial charge in [-0.25, -0.2) is 4.98 Å². The predicted molar refractivity (Wildman–Crippen MR) is 69.6 cm³/mol. The van der Waals surface area contributed by atoms with Crippen molar-refractivity contribution in [3.05, 3.63) is 20.3 Å². The fourth-order valence-corrected chi connectivity index (χ4v) is 2.45. The Morgan fingerprint density at radius 2 is 2.38 bits per heavy atom. The van der Waals surface area contributed by atoms with Crippen LogP contribution in [0.5, 0.6) is 0 Å². The fraction of sp³-hybridized carbons (Fsp3) is 0.600. The maximum absolute atomic E-state index is 11.5. The monoisotopic (exact) mass is 335 g/mol. The van der Waals surface area contributed by atoms with Gasteiger partial charge in [-0.3, -0.25) is 4.79 Å². The highest BCUT2D eigenvalue weighted by Gasteiger charge is 2.27. The number of nitrogens with zero attached hydrogens (tertiary/aromatic N) is 2. The Hall–Kier alpha value is -0.630. The van der Waals surface area contributed by atoms with Gasteiger partial charge in [0.2, 0.25) is 0 Å². The minimum atomic E-state index is -0.118. The Balaban J connectivity index is 2.30. The summed E-state index contributed by atoms with van der Waals surface area (Å²) >= 11 is 2.00. The Morgan fingerprint density at radius 3 is 2.94 bits per heavy atom. The lowest BCUT2D eigenvalue weighted by atomic mass is 9.91. The van der Waals surface area contributed by atoms with E-state index in [1.54, 1.807) is 0 Å². The number of aliphatic hydroxyl groups is 1. The van der Waals surface area contributed by atoms with E-state index in [0.29, 0.717) is 22.0 Å². The Bertz CT molecular complexity index is 417. The van der Waals surface area contributed by atoms with Crippen LogP contribution >= 0.6 is 22.6 Å². The smallest absolute Gasteiger partial charge is 0.266 e. The number of hydrogen-bond acceptors (Lipinski definition) is 4. The van der Waals surface area contributed by atoms with E-state index in [2.05, 4.69) is 9.97 Å². The molecule has 1 aliphatic rings. The molecule has 1 fully saturated rings. The fourth-order valence-electron chi connectivity index (χ4n) is 1.84. The number of aromatic nitrogens is 2. The summed E-state index contributed by atoms with van der Waals surface area (Å²) in [7, 11) is 0. The number of aliphatic hydroxyl groups excluding tert-OH is 1. The molecule has 1 aromatic heterocycles. The van der Waals surface area contributed by atoms with Gasteiger partial charge in [0, 0.05) is 12.6 Å². The van der Waals surface area contributed by atoms with E-state index in [0.717, 1.165) is 12.8 Å². The van der Waals surface area contributed by atoms with E-state index < -0.39 is 0 Å². The molecule has 0 aliphatic heterocycles. The van der Waals surface area contributed by atoms with Gasteiger partial charge in [-0.2, -0.15) is 0 Å². The van der Waals surface area contributed by atoms with Crippen molar-refractivity contribution < 1.29 is 5.11 Å². The lowest BCUT2D eigenvalue weighted by molar-refractivity contribution is 0.282. The molecule has 1 aromatic rings. The van der Waals surface area contributed by atoms with Crippen LogP contribution in [0.1, 0.15) is 19.3 Å². The molecule has 0 bridgehead atoms. The van der Waals surface area contributed by atoms with Crippen LogP contribution in [-0.2, 0) is 0 Å². The van der Waals surface area contributed by atoms with Crippen LogP contribution in [0, 0.1) is 3.57 Å². The summed E-state index contributed by atoms with van der Waals surface area (Å²) < 4.78 is 0.598. The summed E-state index contributed by atoms with van der Waals surface area (Å²) in [5.41, 5.74) is -0.118. The average Bonchev–Trinajstić information content (AvgIpc) is 2.19. The highest BCUT2D eigenvalue weighted by Crippen LogP contribution is 2.29. The van der Waals surface area contributed by atoms with Crippen LogP contribution in [-0.4, -0.2) is 34.3 Å². The third kappa shape index (κ3) is 2.22. The normalized spacial score (nSPS) is 15.9. The number of hydrogen-bond donors (Lipinski definition) is 2. The minimum Gasteiger partial charge on any atom is -0.395 e. The molecule has 0 aromatic carbocycles. The second-order valence-corrected chi connectivity index (χ2v) is 4.95. The van der Waals surface area contributed by atoms with Crippen LogP contribution in [0.2, 0.25) is 0 Å². The van der Waals surface area contributed by atoms with Crippen LogP contribution in [0.4, 0.5) is 5.82 Å². The molecule has 0 saturated heterocycles. The molecule has 1 aliphatic carbocycles. The molecular weight excluding hydrogens is 321 g/mol. The zero-order chi connectivity index (χ0) is 11.5. The van der Waals surface area contributed by atoms with E-state index >= 15 is 0 Å². The standard InChI is InChI=1S/C10H14IN3O2/c11-8-9(12-6-13-10(8)16)14(4-5-15)7-2-1-3-7/h6-7,15H,1-5H2,(H,12,13,16). The van der Waals surface area contributed by atoms with Crippen molar-refractivity contribution in [1.82, 2.24) is 9.97 Å². The zero-order valence-corrected chi connectivity index (χ0v) is 11.0. The number of H-pyrrole nitrogens is 1. The topological polar surface area (TPSA) is 69.2 Å². The van der Waals surface area contributed by atoms with Crippen molar-refractivity contribution in [2.24, 2.45) is 0 Å². The van der Waals surface area contributed by atoms with Crippen LogP contribution in [0.3, 0.4) is 0 Å². The van der Waals surface area contributed by atoms with E-state index in [9.17, 15) is 4.79 Å². The van der Waals surface area contributed by atoms with Gasteiger partial charge in [-0.1, -0.05) is 0 Å². The molecule has 88 valence electrons. The Morgan fingerprint density at radius 1 is 1.62 bits per heavy atom. The number of anilines is 1. The van der Waals surface area contributed by atoms with Crippen molar-refractivity contribution in [2.45, 2.75) is 25.3 Å². The molecule has 5 nitrogen and oxygen atoms in total. The van der Waals surface area contributed by atoms with Gasteiger partial charge < -0.3 is 15.0 Å². The van der Waals surface area contributed by atoms with Gasteiger partial charge in [-0.05, 0) is 41.9 Å². The van der Waals surface area contributed by atoms with E-state index in [4.69, 9.17) is 5.11 Å². The molecule has 1 heterocycles. The molecule has 1 saturated carbocycles. The minimum absolute atomic E-state index is 0.0844. The maximum atomic E-state index is 11.5. The molecule has 0 spiro atoms. The molecule has 0 amide bonds. The van der Waals surface area contributed by atoms with Crippen molar-refractivity contribution in [3.63, 3.8) is 0 Å². The highest BCUT2D eigenvalue weighted by atomic mass is 127. The van der Waals surface area contributed by atoms with Gasteiger partial charge in [0.05, 0.1) is 12.9 Å². The molecule has 16 heavy (non-hydrogen) atoms. The summed E-state index contributed by atoms with van der Waals surface area (Å²) in [4.78, 5) is 20.3.